The van der Waals surface area contributed by atoms with Crippen molar-refractivity contribution in [2.45, 2.75) is 0 Å². The van der Waals surface area contributed by atoms with Crippen molar-refractivity contribution in [1.29, 1.82) is 0 Å². The van der Waals surface area contributed by atoms with Crippen molar-refractivity contribution >= 4 is 57.2 Å². The number of halogens is 1. The van der Waals surface area contributed by atoms with Crippen LogP contribution in [0.5, 0.6) is 0 Å². The van der Waals surface area contributed by atoms with E-state index in [2.05, 4.69) is 0 Å². The zero-order valence-corrected chi connectivity index (χ0v) is 11.8. The second-order valence-electron chi connectivity index (χ2n) is 4.54. The van der Waals surface area contributed by atoms with Crippen LogP contribution in [0.25, 0.3) is 11.1 Å². The van der Waals surface area contributed by atoms with Crippen molar-refractivity contribution in [2.24, 2.45) is 0 Å². The Morgan fingerprint density at radius 3 is 2.11 bits per heavy atom. The molecule has 0 saturated carbocycles. The SMILES string of the molecule is Bc1c(B)c([N+](=O)[O-])c(-c2ccccc2)c(B)c1Cl. The van der Waals surface area contributed by atoms with Crippen molar-refractivity contribution in [2.75, 3.05) is 0 Å². The van der Waals surface area contributed by atoms with E-state index in [0.29, 0.717) is 16.0 Å². The first-order chi connectivity index (χ1) is 8.95. The van der Waals surface area contributed by atoms with Crippen LogP contribution in [0.1, 0.15) is 0 Å². The Morgan fingerprint density at radius 2 is 1.58 bits per heavy atom. The van der Waals surface area contributed by atoms with Gasteiger partial charge in [-0.3, -0.25) is 10.1 Å². The summed E-state index contributed by atoms with van der Waals surface area (Å²) in [5.74, 6) is 0. The van der Waals surface area contributed by atoms with E-state index in [-0.39, 0.29) is 10.6 Å². The van der Waals surface area contributed by atoms with E-state index in [0.717, 1.165) is 16.5 Å². The summed E-state index contributed by atoms with van der Waals surface area (Å²) in [6, 6.07) is 9.33. The lowest BCUT2D eigenvalue weighted by Crippen LogP contribution is -2.35. The third-order valence-corrected chi connectivity index (χ3v) is 4.00. The smallest absolute Gasteiger partial charge is 0.258 e. The summed E-state index contributed by atoms with van der Waals surface area (Å²) in [6.45, 7) is 0. The predicted octanol–water partition coefficient (Wildman–Crippen LogP) is -1.31. The van der Waals surface area contributed by atoms with Gasteiger partial charge in [-0.1, -0.05) is 52.9 Å². The van der Waals surface area contributed by atoms with E-state index in [1.807, 2.05) is 46.0 Å². The molecule has 0 aliphatic carbocycles. The Morgan fingerprint density at radius 1 is 1.00 bits per heavy atom. The lowest BCUT2D eigenvalue weighted by molar-refractivity contribution is -0.382. The van der Waals surface area contributed by atoms with Crippen LogP contribution in [0, 0.1) is 10.1 Å². The number of nitro groups is 1. The molecule has 19 heavy (non-hydrogen) atoms. The maximum atomic E-state index is 11.4. The zero-order valence-electron chi connectivity index (χ0n) is 11.0. The number of rotatable bonds is 2. The lowest BCUT2D eigenvalue weighted by Gasteiger charge is -2.15. The summed E-state index contributed by atoms with van der Waals surface area (Å²) in [5, 5.41) is 12.0. The van der Waals surface area contributed by atoms with Crippen molar-refractivity contribution in [1.82, 2.24) is 0 Å². The highest BCUT2D eigenvalue weighted by Gasteiger charge is 2.24. The molecule has 2 rings (SSSR count). The molecule has 0 atom stereocenters. The quantitative estimate of drug-likeness (QED) is 0.386. The average Bonchev–Trinajstić information content (AvgIpc) is 2.40. The molecule has 0 amide bonds. The molecule has 0 heterocycles. The van der Waals surface area contributed by atoms with Gasteiger partial charge in [-0.05, 0) is 11.0 Å². The Balaban J connectivity index is 2.90. The Kier molecular flexibility index (Phi) is 3.72. The van der Waals surface area contributed by atoms with Crippen LogP contribution < -0.4 is 16.4 Å². The number of hydrogen-bond donors (Lipinski definition) is 0. The summed E-state index contributed by atoms with van der Waals surface area (Å²) in [4.78, 5) is 11.1. The van der Waals surface area contributed by atoms with Crippen LogP contribution in [0.15, 0.2) is 30.3 Å². The van der Waals surface area contributed by atoms with E-state index in [1.165, 1.54) is 0 Å². The molecule has 0 bridgehead atoms. The molecule has 0 radical (unpaired) electrons. The lowest BCUT2D eigenvalue weighted by atomic mass is 9.72. The van der Waals surface area contributed by atoms with Crippen molar-refractivity contribution in [3.05, 3.63) is 45.5 Å². The van der Waals surface area contributed by atoms with Gasteiger partial charge in [-0.25, -0.2) is 0 Å². The minimum absolute atomic E-state index is 0.144. The van der Waals surface area contributed by atoms with Gasteiger partial charge < -0.3 is 0 Å². The molecule has 0 aromatic heterocycles. The summed E-state index contributed by atoms with van der Waals surface area (Å²) in [6.07, 6.45) is 0. The Hall–Kier alpha value is -1.68. The zero-order chi connectivity index (χ0) is 14.2. The number of benzene rings is 2. The van der Waals surface area contributed by atoms with Crippen molar-refractivity contribution in [3.8, 4) is 11.1 Å². The fourth-order valence-electron chi connectivity index (χ4n) is 2.28. The fourth-order valence-corrected chi connectivity index (χ4v) is 2.52. The number of hydrogen-bond acceptors (Lipinski definition) is 2. The normalized spacial score (nSPS) is 10.4. The molecule has 0 spiro atoms. The van der Waals surface area contributed by atoms with E-state index < -0.39 is 0 Å². The Bertz CT molecular complexity index is 662. The van der Waals surface area contributed by atoms with Gasteiger partial charge >= 0.3 is 0 Å². The van der Waals surface area contributed by atoms with E-state index in [4.69, 9.17) is 11.6 Å². The molecular formula is C12H11B3ClNO2. The first-order valence-corrected chi connectivity index (χ1v) is 6.32. The molecule has 3 nitrogen and oxygen atoms in total. The molecule has 7 heteroatoms. The standard InChI is InChI=1S/C12H11B3ClNO2/c13-8-7(6-4-2-1-3-5-6)12(17(18)19)10(15)9(14)11(8)16/h1-5H,13-15H2. The second-order valence-corrected chi connectivity index (χ2v) is 4.91. The van der Waals surface area contributed by atoms with Crippen LogP contribution in [0.2, 0.25) is 5.02 Å². The van der Waals surface area contributed by atoms with E-state index >= 15 is 0 Å². The third kappa shape index (κ3) is 2.28. The monoisotopic (exact) mass is 269 g/mol. The highest BCUT2D eigenvalue weighted by Crippen LogP contribution is 2.27. The summed E-state index contributed by atoms with van der Waals surface area (Å²) < 4.78 is 0. The van der Waals surface area contributed by atoms with Gasteiger partial charge in [0.2, 0.25) is 0 Å². The number of nitro benzene ring substituents is 1. The van der Waals surface area contributed by atoms with Gasteiger partial charge in [0.15, 0.2) is 0 Å². The van der Waals surface area contributed by atoms with Gasteiger partial charge in [0.1, 0.15) is 23.5 Å². The first kappa shape index (κ1) is 13.7. The van der Waals surface area contributed by atoms with Gasteiger partial charge in [0, 0.05) is 5.02 Å². The summed E-state index contributed by atoms with van der Waals surface area (Å²) in [5.41, 5.74) is 3.72. The molecule has 0 unspecified atom stereocenters. The van der Waals surface area contributed by atoms with Crippen LogP contribution in [-0.2, 0) is 0 Å². The molecule has 0 fully saturated rings. The molecule has 92 valence electrons. The van der Waals surface area contributed by atoms with Crippen LogP contribution in [0.4, 0.5) is 5.69 Å². The average molecular weight is 269 g/mol. The minimum atomic E-state index is -0.325. The van der Waals surface area contributed by atoms with Crippen LogP contribution in [-0.4, -0.2) is 28.5 Å². The van der Waals surface area contributed by atoms with Gasteiger partial charge in [-0.15, -0.1) is 0 Å². The maximum Gasteiger partial charge on any atom is 0.269 e. The predicted molar refractivity (Wildman–Crippen MR) is 88.1 cm³/mol. The molecule has 0 saturated heterocycles. The molecule has 2 aromatic rings. The highest BCUT2D eigenvalue weighted by molar-refractivity contribution is 6.61. The maximum absolute atomic E-state index is 11.4. The number of nitrogens with zero attached hydrogens (tertiary/aromatic N) is 1. The molecule has 2 aromatic carbocycles. The molecule has 0 aliphatic rings. The second kappa shape index (κ2) is 5.13. The Labute approximate surface area is 119 Å². The first-order valence-electron chi connectivity index (χ1n) is 5.94. The van der Waals surface area contributed by atoms with Crippen molar-refractivity contribution < 1.29 is 4.92 Å². The summed E-state index contributed by atoms with van der Waals surface area (Å²) >= 11 is 6.29. The largest absolute Gasteiger partial charge is 0.269 e. The third-order valence-electron chi connectivity index (χ3n) is 3.43. The van der Waals surface area contributed by atoms with Gasteiger partial charge in [-0.2, -0.15) is 0 Å². The topological polar surface area (TPSA) is 43.1 Å². The molecule has 0 aliphatic heterocycles. The highest BCUT2D eigenvalue weighted by atomic mass is 35.5. The fraction of sp³-hybridized carbons (Fsp3) is 0. The van der Waals surface area contributed by atoms with Gasteiger partial charge in [0.25, 0.3) is 5.69 Å². The van der Waals surface area contributed by atoms with Gasteiger partial charge in [0.05, 0.1) is 10.5 Å². The van der Waals surface area contributed by atoms with E-state index in [9.17, 15) is 10.1 Å². The van der Waals surface area contributed by atoms with Crippen LogP contribution in [0.3, 0.4) is 0 Å². The minimum Gasteiger partial charge on any atom is -0.258 e. The summed E-state index contributed by atoms with van der Waals surface area (Å²) in [7, 11) is 5.38. The van der Waals surface area contributed by atoms with Crippen LogP contribution >= 0.6 is 11.6 Å². The molecular weight excluding hydrogens is 258 g/mol. The van der Waals surface area contributed by atoms with E-state index in [1.54, 1.807) is 7.85 Å². The molecule has 0 N–H and O–H groups in total. The van der Waals surface area contributed by atoms with Crippen molar-refractivity contribution in [3.63, 3.8) is 0 Å².